The fourth-order valence-electron chi connectivity index (χ4n) is 2.44. The van der Waals surface area contributed by atoms with Gasteiger partial charge in [0.15, 0.2) is 5.75 Å². The molecule has 1 aliphatic rings. The fourth-order valence-corrected chi connectivity index (χ4v) is 3.88. The Morgan fingerprint density at radius 2 is 2.20 bits per heavy atom. The number of ether oxygens (including phenoxy) is 1. The summed E-state index contributed by atoms with van der Waals surface area (Å²) in [4.78, 5) is 4.43. The number of benzene rings is 1. The van der Waals surface area contributed by atoms with E-state index in [4.69, 9.17) is 27.9 Å². The smallest absolute Gasteiger partial charge is 0.159 e. The highest BCUT2D eigenvalue weighted by atomic mass is 127. The van der Waals surface area contributed by atoms with E-state index in [1.54, 1.807) is 6.20 Å². The Morgan fingerprint density at radius 1 is 1.45 bits per heavy atom. The van der Waals surface area contributed by atoms with E-state index in [0.29, 0.717) is 5.02 Å². The Bertz CT molecular complexity index is 674. The van der Waals surface area contributed by atoms with Gasteiger partial charge in [-0.1, -0.05) is 25.4 Å². The number of halogens is 3. The van der Waals surface area contributed by atoms with E-state index < -0.39 is 0 Å². The molecule has 106 valence electrons. The van der Waals surface area contributed by atoms with Crippen LogP contribution in [0.5, 0.6) is 5.75 Å². The first-order chi connectivity index (χ1) is 9.41. The summed E-state index contributed by atoms with van der Waals surface area (Å²) in [6.07, 6.45) is 2.74. The first kappa shape index (κ1) is 14.7. The third-order valence-corrected chi connectivity index (χ3v) is 5.92. The summed E-state index contributed by atoms with van der Waals surface area (Å²) < 4.78 is 7.20. The van der Waals surface area contributed by atoms with Gasteiger partial charge in [-0.2, -0.15) is 0 Å². The molecule has 0 aliphatic heterocycles. The van der Waals surface area contributed by atoms with Crippen molar-refractivity contribution in [2.24, 2.45) is 5.41 Å². The highest BCUT2D eigenvalue weighted by molar-refractivity contribution is 14.1. The summed E-state index contributed by atoms with van der Waals surface area (Å²) in [5.41, 5.74) is 0.795. The average Bonchev–Trinajstić information content (AvgIpc) is 2.42. The van der Waals surface area contributed by atoms with Gasteiger partial charge in [-0.3, -0.25) is 4.98 Å². The topological polar surface area (TPSA) is 22.1 Å². The first-order valence-corrected chi connectivity index (χ1v) is 8.34. The SMILES string of the molecule is CC1(C)C(Cl)CC1Oc1c(I)cc(Cl)c2cccnc12. The molecule has 2 aromatic rings. The quantitative estimate of drug-likeness (QED) is 0.486. The van der Waals surface area contributed by atoms with Crippen molar-refractivity contribution in [3.05, 3.63) is 33.0 Å². The molecule has 0 spiro atoms. The van der Waals surface area contributed by atoms with Crippen LogP contribution in [-0.4, -0.2) is 16.5 Å². The first-order valence-electron chi connectivity index (χ1n) is 6.44. The molecular formula is C15H14Cl2INO. The van der Waals surface area contributed by atoms with Gasteiger partial charge >= 0.3 is 0 Å². The Balaban J connectivity index is 2.04. The van der Waals surface area contributed by atoms with Crippen molar-refractivity contribution in [2.45, 2.75) is 31.7 Å². The highest BCUT2D eigenvalue weighted by Crippen LogP contribution is 2.48. The molecule has 0 saturated heterocycles. The van der Waals surface area contributed by atoms with Crippen molar-refractivity contribution >= 4 is 56.7 Å². The van der Waals surface area contributed by atoms with Gasteiger partial charge in [0.05, 0.1) is 8.59 Å². The van der Waals surface area contributed by atoms with Crippen LogP contribution in [0.2, 0.25) is 5.02 Å². The van der Waals surface area contributed by atoms with E-state index in [9.17, 15) is 0 Å². The zero-order chi connectivity index (χ0) is 14.5. The number of pyridine rings is 1. The molecule has 1 saturated carbocycles. The Kier molecular flexibility index (Phi) is 3.80. The second-order valence-corrected chi connectivity index (χ2v) is 7.80. The van der Waals surface area contributed by atoms with E-state index in [1.165, 1.54) is 0 Å². The molecule has 2 atom stereocenters. The fraction of sp³-hybridized carbons (Fsp3) is 0.400. The van der Waals surface area contributed by atoms with Crippen LogP contribution in [-0.2, 0) is 0 Å². The summed E-state index contributed by atoms with van der Waals surface area (Å²) in [6.45, 7) is 4.27. The molecule has 1 heterocycles. The van der Waals surface area contributed by atoms with Gasteiger partial charge in [-0.15, -0.1) is 11.6 Å². The molecule has 1 aromatic carbocycles. The van der Waals surface area contributed by atoms with Gasteiger partial charge in [0.2, 0.25) is 0 Å². The minimum Gasteiger partial charge on any atom is -0.486 e. The standard InChI is InChI=1S/C15H14Cl2INO/c1-15(2)11(17)7-12(15)20-14-10(18)6-9(16)8-4-3-5-19-13(8)14/h3-6,11-12H,7H2,1-2H3. The maximum atomic E-state index is 6.28. The lowest BCUT2D eigenvalue weighted by atomic mass is 9.68. The molecule has 3 rings (SSSR count). The van der Waals surface area contributed by atoms with Crippen LogP contribution < -0.4 is 4.74 Å². The van der Waals surface area contributed by atoms with Crippen molar-refractivity contribution in [3.8, 4) is 5.75 Å². The zero-order valence-corrected chi connectivity index (χ0v) is 14.8. The van der Waals surface area contributed by atoms with Gasteiger partial charge < -0.3 is 4.74 Å². The van der Waals surface area contributed by atoms with Crippen LogP contribution in [0, 0.1) is 8.99 Å². The number of fused-ring (bicyclic) bond motifs is 1. The van der Waals surface area contributed by atoms with Crippen molar-refractivity contribution in [1.29, 1.82) is 0 Å². The summed E-state index contributed by atoms with van der Waals surface area (Å²) in [5, 5.41) is 1.79. The summed E-state index contributed by atoms with van der Waals surface area (Å²) in [7, 11) is 0. The van der Waals surface area contributed by atoms with Crippen molar-refractivity contribution in [3.63, 3.8) is 0 Å². The van der Waals surface area contributed by atoms with E-state index >= 15 is 0 Å². The molecule has 20 heavy (non-hydrogen) atoms. The monoisotopic (exact) mass is 421 g/mol. The van der Waals surface area contributed by atoms with Gasteiger partial charge in [-0.05, 0) is 40.8 Å². The third-order valence-electron chi connectivity index (χ3n) is 4.07. The van der Waals surface area contributed by atoms with Crippen LogP contribution >= 0.6 is 45.8 Å². The Hall–Kier alpha value is -0.260. The lowest BCUT2D eigenvalue weighted by Gasteiger charge is -2.48. The molecular weight excluding hydrogens is 408 g/mol. The maximum absolute atomic E-state index is 6.28. The lowest BCUT2D eigenvalue weighted by Crippen LogP contribution is -2.53. The van der Waals surface area contributed by atoms with E-state index in [2.05, 4.69) is 41.4 Å². The molecule has 0 N–H and O–H groups in total. The zero-order valence-electron chi connectivity index (χ0n) is 11.2. The van der Waals surface area contributed by atoms with Crippen LogP contribution in [0.1, 0.15) is 20.3 Å². The molecule has 0 bridgehead atoms. The number of hydrogen-bond acceptors (Lipinski definition) is 2. The van der Waals surface area contributed by atoms with Crippen LogP contribution in [0.4, 0.5) is 0 Å². The van der Waals surface area contributed by atoms with Crippen LogP contribution in [0.15, 0.2) is 24.4 Å². The minimum absolute atomic E-state index is 0.0224. The third kappa shape index (κ3) is 2.28. The second-order valence-electron chi connectivity index (χ2n) is 5.70. The van der Waals surface area contributed by atoms with Crippen molar-refractivity contribution in [1.82, 2.24) is 4.98 Å². The lowest BCUT2D eigenvalue weighted by molar-refractivity contribution is -0.0126. The van der Waals surface area contributed by atoms with E-state index in [1.807, 2.05) is 18.2 Å². The van der Waals surface area contributed by atoms with Gasteiger partial charge in [0, 0.05) is 28.8 Å². The number of nitrogens with zero attached hydrogens (tertiary/aromatic N) is 1. The molecule has 2 unspecified atom stereocenters. The number of alkyl halides is 1. The summed E-state index contributed by atoms with van der Waals surface area (Å²) in [6, 6.07) is 5.77. The average molecular weight is 422 g/mol. The largest absolute Gasteiger partial charge is 0.486 e. The second kappa shape index (κ2) is 5.18. The normalized spacial score (nSPS) is 24.4. The molecule has 1 aliphatic carbocycles. The van der Waals surface area contributed by atoms with Gasteiger partial charge in [0.1, 0.15) is 11.6 Å². The predicted octanol–water partition coefficient (Wildman–Crippen LogP) is 5.28. The van der Waals surface area contributed by atoms with E-state index in [-0.39, 0.29) is 16.9 Å². The molecule has 0 radical (unpaired) electrons. The molecule has 5 heteroatoms. The summed E-state index contributed by atoms with van der Waals surface area (Å²) in [5.74, 6) is 0.812. The highest BCUT2D eigenvalue weighted by Gasteiger charge is 2.49. The molecule has 2 nitrogen and oxygen atoms in total. The Morgan fingerprint density at radius 3 is 2.85 bits per heavy atom. The van der Waals surface area contributed by atoms with Crippen LogP contribution in [0.3, 0.4) is 0 Å². The number of rotatable bonds is 2. The molecule has 1 fully saturated rings. The van der Waals surface area contributed by atoms with Crippen molar-refractivity contribution < 1.29 is 4.74 Å². The summed E-state index contributed by atoms with van der Waals surface area (Å²) >= 11 is 14.8. The minimum atomic E-state index is -0.0224. The van der Waals surface area contributed by atoms with Crippen molar-refractivity contribution in [2.75, 3.05) is 0 Å². The predicted molar refractivity (Wildman–Crippen MR) is 91.9 cm³/mol. The molecule has 0 amide bonds. The van der Waals surface area contributed by atoms with Gasteiger partial charge in [0.25, 0.3) is 0 Å². The molecule has 1 aromatic heterocycles. The number of hydrogen-bond donors (Lipinski definition) is 0. The van der Waals surface area contributed by atoms with E-state index in [0.717, 1.165) is 26.6 Å². The van der Waals surface area contributed by atoms with Gasteiger partial charge in [-0.25, -0.2) is 0 Å². The Labute approximate surface area is 141 Å². The van der Waals surface area contributed by atoms with Crippen LogP contribution in [0.25, 0.3) is 10.9 Å². The number of aromatic nitrogens is 1. The maximum Gasteiger partial charge on any atom is 0.159 e.